The predicted molar refractivity (Wildman–Crippen MR) is 84.5 cm³/mol. The van der Waals surface area contributed by atoms with E-state index in [2.05, 4.69) is 0 Å². The van der Waals surface area contributed by atoms with Crippen molar-refractivity contribution in [2.75, 3.05) is 0 Å². The molecule has 0 fully saturated rings. The molecule has 0 spiro atoms. The third-order valence-corrected chi connectivity index (χ3v) is 3.28. The number of phenolic OH excluding ortho intramolecular Hbond substituents is 4. The van der Waals surface area contributed by atoms with Gasteiger partial charge in [0.05, 0.1) is 0 Å². The van der Waals surface area contributed by atoms with Crippen LogP contribution in [0.25, 0.3) is 22.9 Å². The SMILES string of the molecule is O=c1oc(C=Cc2ccc(O)c(O)c2)cc2cc(O)cc(O)c12. The molecule has 23 heavy (non-hydrogen) atoms. The van der Waals surface area contributed by atoms with Gasteiger partial charge in [-0.2, -0.15) is 0 Å². The molecule has 3 rings (SSSR count). The van der Waals surface area contributed by atoms with E-state index in [1.165, 1.54) is 30.3 Å². The minimum Gasteiger partial charge on any atom is -0.508 e. The highest BCUT2D eigenvalue weighted by Gasteiger charge is 2.09. The maximum absolute atomic E-state index is 11.9. The quantitative estimate of drug-likeness (QED) is 0.541. The van der Waals surface area contributed by atoms with E-state index in [0.717, 1.165) is 6.07 Å². The highest BCUT2D eigenvalue weighted by molar-refractivity contribution is 5.89. The number of hydrogen-bond acceptors (Lipinski definition) is 6. The van der Waals surface area contributed by atoms with Crippen LogP contribution >= 0.6 is 0 Å². The second-order valence-corrected chi connectivity index (χ2v) is 4.95. The van der Waals surface area contributed by atoms with Crippen molar-refractivity contribution in [3.8, 4) is 23.0 Å². The molecule has 0 aliphatic heterocycles. The average Bonchev–Trinajstić information content (AvgIpc) is 2.47. The fourth-order valence-corrected chi connectivity index (χ4v) is 2.21. The van der Waals surface area contributed by atoms with E-state index in [1.54, 1.807) is 12.1 Å². The number of fused-ring (bicyclic) bond motifs is 1. The number of benzene rings is 2. The molecular weight excluding hydrogens is 300 g/mol. The first-order valence-corrected chi connectivity index (χ1v) is 6.64. The molecule has 3 aromatic rings. The summed E-state index contributed by atoms with van der Waals surface area (Å²) in [6, 6.07) is 8.16. The van der Waals surface area contributed by atoms with Gasteiger partial charge in [0.25, 0.3) is 0 Å². The van der Waals surface area contributed by atoms with Crippen molar-refractivity contribution in [3.63, 3.8) is 0 Å². The first-order chi connectivity index (χ1) is 10.9. The van der Waals surface area contributed by atoms with E-state index >= 15 is 0 Å². The van der Waals surface area contributed by atoms with Gasteiger partial charge in [-0.25, -0.2) is 4.79 Å². The van der Waals surface area contributed by atoms with Gasteiger partial charge in [-0.3, -0.25) is 0 Å². The van der Waals surface area contributed by atoms with Crippen LogP contribution in [0.2, 0.25) is 0 Å². The lowest BCUT2D eigenvalue weighted by molar-refractivity contribution is 0.403. The number of phenols is 4. The molecule has 0 aliphatic carbocycles. The van der Waals surface area contributed by atoms with Crippen molar-refractivity contribution >= 4 is 22.9 Å². The van der Waals surface area contributed by atoms with E-state index in [-0.39, 0.29) is 34.1 Å². The van der Waals surface area contributed by atoms with Crippen LogP contribution in [-0.2, 0) is 0 Å². The zero-order valence-corrected chi connectivity index (χ0v) is 11.7. The lowest BCUT2D eigenvalue weighted by atomic mass is 10.1. The van der Waals surface area contributed by atoms with Crippen LogP contribution in [0.3, 0.4) is 0 Å². The Morgan fingerprint density at radius 3 is 2.35 bits per heavy atom. The molecule has 0 unspecified atom stereocenters. The maximum Gasteiger partial charge on any atom is 0.347 e. The minimum absolute atomic E-state index is 0.0118. The first kappa shape index (κ1) is 14.5. The minimum atomic E-state index is -0.729. The van der Waals surface area contributed by atoms with Crippen molar-refractivity contribution in [1.82, 2.24) is 0 Å². The standard InChI is InChI=1S/C17H12O6/c18-11-6-10-7-12(23-17(22)16(10)15(21)8-11)3-1-9-2-4-13(19)14(20)5-9/h1-8,18-21H. The summed E-state index contributed by atoms with van der Waals surface area (Å²) in [4.78, 5) is 11.9. The van der Waals surface area contributed by atoms with Crippen molar-refractivity contribution in [2.45, 2.75) is 0 Å². The van der Waals surface area contributed by atoms with Crippen LogP contribution in [0, 0.1) is 0 Å². The fraction of sp³-hybridized carbons (Fsp3) is 0. The molecule has 0 radical (unpaired) electrons. The van der Waals surface area contributed by atoms with Gasteiger partial charge in [0.15, 0.2) is 11.5 Å². The molecule has 0 bridgehead atoms. The lowest BCUT2D eigenvalue weighted by Crippen LogP contribution is -2.00. The molecule has 1 aromatic heterocycles. The molecule has 0 saturated carbocycles. The molecule has 6 heteroatoms. The summed E-state index contributed by atoms with van der Waals surface area (Å²) in [6.07, 6.45) is 3.07. The van der Waals surface area contributed by atoms with Gasteiger partial charge in [-0.05, 0) is 35.9 Å². The van der Waals surface area contributed by atoms with Gasteiger partial charge in [0.2, 0.25) is 0 Å². The Morgan fingerprint density at radius 1 is 0.826 bits per heavy atom. The van der Waals surface area contributed by atoms with Crippen molar-refractivity contribution < 1.29 is 24.8 Å². The summed E-state index contributed by atoms with van der Waals surface area (Å²) in [5, 5.41) is 38.2. The smallest absolute Gasteiger partial charge is 0.347 e. The van der Waals surface area contributed by atoms with Crippen molar-refractivity contribution in [2.24, 2.45) is 0 Å². The molecule has 0 atom stereocenters. The Bertz CT molecular complexity index is 984. The second-order valence-electron chi connectivity index (χ2n) is 4.95. The fourth-order valence-electron chi connectivity index (χ4n) is 2.21. The number of hydrogen-bond donors (Lipinski definition) is 4. The zero-order valence-electron chi connectivity index (χ0n) is 11.7. The van der Waals surface area contributed by atoms with Gasteiger partial charge in [0.1, 0.15) is 22.6 Å². The molecule has 0 saturated heterocycles. The predicted octanol–water partition coefficient (Wildman–Crippen LogP) is 2.79. The Balaban J connectivity index is 2.05. The van der Waals surface area contributed by atoms with E-state index in [9.17, 15) is 25.2 Å². The van der Waals surface area contributed by atoms with Gasteiger partial charge in [-0.15, -0.1) is 0 Å². The molecule has 2 aromatic carbocycles. The second kappa shape index (κ2) is 5.42. The average molecular weight is 312 g/mol. The van der Waals surface area contributed by atoms with E-state index in [1.807, 2.05) is 0 Å². The normalized spacial score (nSPS) is 11.3. The van der Waals surface area contributed by atoms with Crippen LogP contribution in [-0.4, -0.2) is 20.4 Å². The van der Waals surface area contributed by atoms with Crippen molar-refractivity contribution in [1.29, 1.82) is 0 Å². The van der Waals surface area contributed by atoms with Crippen LogP contribution in [0.1, 0.15) is 11.3 Å². The third kappa shape index (κ3) is 2.82. The Hall–Kier alpha value is -3.41. The monoisotopic (exact) mass is 312 g/mol. The molecule has 6 nitrogen and oxygen atoms in total. The van der Waals surface area contributed by atoms with Crippen LogP contribution in [0.4, 0.5) is 0 Å². The summed E-state index contributed by atoms with van der Waals surface area (Å²) in [7, 11) is 0. The van der Waals surface area contributed by atoms with Gasteiger partial charge >= 0.3 is 5.63 Å². The summed E-state index contributed by atoms with van der Waals surface area (Å²) < 4.78 is 5.09. The zero-order chi connectivity index (χ0) is 16.6. The van der Waals surface area contributed by atoms with Gasteiger partial charge in [0, 0.05) is 11.5 Å². The Kier molecular flexibility index (Phi) is 3.42. The highest BCUT2D eigenvalue weighted by atomic mass is 16.4. The van der Waals surface area contributed by atoms with Gasteiger partial charge in [-0.1, -0.05) is 12.1 Å². The topological polar surface area (TPSA) is 111 Å². The van der Waals surface area contributed by atoms with E-state index in [4.69, 9.17) is 4.42 Å². The highest BCUT2D eigenvalue weighted by Crippen LogP contribution is 2.29. The molecular formula is C17H12O6. The summed E-state index contributed by atoms with van der Waals surface area (Å²) >= 11 is 0. The maximum atomic E-state index is 11.9. The number of rotatable bonds is 2. The molecule has 1 heterocycles. The summed E-state index contributed by atoms with van der Waals surface area (Å²) in [5.41, 5.74) is -0.144. The molecule has 0 amide bonds. The third-order valence-electron chi connectivity index (χ3n) is 3.28. The van der Waals surface area contributed by atoms with Crippen LogP contribution in [0.5, 0.6) is 23.0 Å². The van der Waals surface area contributed by atoms with Crippen LogP contribution in [0.15, 0.2) is 45.6 Å². The van der Waals surface area contributed by atoms with E-state index < -0.39 is 5.63 Å². The molecule has 116 valence electrons. The first-order valence-electron chi connectivity index (χ1n) is 6.64. The summed E-state index contributed by atoms with van der Waals surface area (Å²) in [5.74, 6) is -0.806. The van der Waals surface area contributed by atoms with E-state index in [0.29, 0.717) is 10.9 Å². The van der Waals surface area contributed by atoms with Gasteiger partial charge < -0.3 is 24.8 Å². The molecule has 4 N–H and O–H groups in total. The van der Waals surface area contributed by atoms with Crippen molar-refractivity contribution in [3.05, 3.63) is 58.1 Å². The molecule has 0 aliphatic rings. The Morgan fingerprint density at radius 2 is 1.61 bits per heavy atom. The summed E-state index contributed by atoms with van der Waals surface area (Å²) in [6.45, 7) is 0. The Labute approximate surface area is 129 Å². The number of aromatic hydroxyl groups is 4. The largest absolute Gasteiger partial charge is 0.508 e. The lowest BCUT2D eigenvalue weighted by Gasteiger charge is -2.02. The van der Waals surface area contributed by atoms with Crippen LogP contribution < -0.4 is 5.63 Å².